The Morgan fingerprint density at radius 1 is 1.42 bits per heavy atom. The van der Waals surface area contributed by atoms with Crippen molar-refractivity contribution in [1.82, 2.24) is 20.4 Å². The van der Waals surface area contributed by atoms with Crippen molar-refractivity contribution in [3.8, 4) is 0 Å². The zero-order chi connectivity index (χ0) is 17.2. The van der Waals surface area contributed by atoms with Gasteiger partial charge in [-0.3, -0.25) is 14.3 Å². The summed E-state index contributed by atoms with van der Waals surface area (Å²) in [6.45, 7) is 1.27. The van der Waals surface area contributed by atoms with E-state index in [1.807, 2.05) is 23.2 Å². The summed E-state index contributed by atoms with van der Waals surface area (Å²) in [5.41, 5.74) is 0. The predicted octanol–water partition coefficient (Wildman–Crippen LogP) is 1.53. The quantitative estimate of drug-likeness (QED) is 0.635. The summed E-state index contributed by atoms with van der Waals surface area (Å²) in [5.74, 6) is 0.432. The van der Waals surface area contributed by atoms with Gasteiger partial charge in [-0.25, -0.2) is 0 Å². The lowest BCUT2D eigenvalue weighted by atomic mass is 10.2. The Bertz CT molecular complexity index is 613. The van der Waals surface area contributed by atoms with Crippen LogP contribution in [-0.2, 0) is 11.3 Å². The van der Waals surface area contributed by atoms with Gasteiger partial charge in [-0.2, -0.15) is 16.9 Å². The maximum atomic E-state index is 12.3. The van der Waals surface area contributed by atoms with Gasteiger partial charge in [-0.1, -0.05) is 0 Å². The highest BCUT2D eigenvalue weighted by Crippen LogP contribution is 2.05. The molecule has 0 bridgehead atoms. The summed E-state index contributed by atoms with van der Waals surface area (Å²) in [4.78, 5) is 24.4. The zero-order valence-electron chi connectivity index (χ0n) is 13.6. The van der Waals surface area contributed by atoms with Crippen molar-refractivity contribution >= 4 is 23.6 Å². The van der Waals surface area contributed by atoms with Crippen LogP contribution in [0.5, 0.6) is 0 Å². The monoisotopic (exact) mass is 350 g/mol. The topological polar surface area (TPSA) is 89.2 Å². The molecule has 130 valence electrons. The second-order valence-corrected chi connectivity index (χ2v) is 6.18. The highest BCUT2D eigenvalue weighted by atomic mass is 32.2. The fraction of sp³-hybridized carbons (Fsp3) is 0.438. The molecule has 0 aliphatic carbocycles. The first-order chi connectivity index (χ1) is 11.7. The molecule has 0 aliphatic rings. The van der Waals surface area contributed by atoms with Crippen LogP contribution in [0.3, 0.4) is 0 Å². The molecule has 2 aromatic heterocycles. The number of nitrogens with one attached hydrogen (secondary N) is 2. The number of aryl methyl sites for hydroxylation is 1. The molecule has 0 unspecified atom stereocenters. The molecule has 0 radical (unpaired) electrons. The van der Waals surface area contributed by atoms with Gasteiger partial charge in [0.05, 0.1) is 6.26 Å². The van der Waals surface area contributed by atoms with Crippen molar-refractivity contribution in [2.24, 2.45) is 0 Å². The second-order valence-electron chi connectivity index (χ2n) is 5.20. The first kappa shape index (κ1) is 18.1. The average molecular weight is 350 g/mol. The Hall–Kier alpha value is -2.22. The van der Waals surface area contributed by atoms with E-state index in [0.717, 1.165) is 18.7 Å². The molecule has 8 heteroatoms. The second kappa shape index (κ2) is 9.82. The van der Waals surface area contributed by atoms with E-state index in [1.54, 1.807) is 30.1 Å². The molecule has 1 atom stereocenters. The number of carbonyl (C=O) groups is 2. The van der Waals surface area contributed by atoms with Crippen LogP contribution >= 0.6 is 11.8 Å². The van der Waals surface area contributed by atoms with Crippen LogP contribution in [0.4, 0.5) is 0 Å². The van der Waals surface area contributed by atoms with Crippen molar-refractivity contribution in [3.05, 3.63) is 42.6 Å². The lowest BCUT2D eigenvalue weighted by Crippen LogP contribution is -2.47. The highest BCUT2D eigenvalue weighted by molar-refractivity contribution is 7.98. The molecule has 7 nitrogen and oxygen atoms in total. The molecule has 0 saturated heterocycles. The Labute approximate surface area is 145 Å². The average Bonchev–Trinajstić information content (AvgIpc) is 3.28. The maximum absolute atomic E-state index is 12.3. The first-order valence-electron chi connectivity index (χ1n) is 7.79. The molecule has 2 N–H and O–H groups in total. The number of carbonyl (C=O) groups excluding carboxylic acids is 2. The van der Waals surface area contributed by atoms with Crippen molar-refractivity contribution in [2.45, 2.75) is 25.4 Å². The van der Waals surface area contributed by atoms with E-state index in [4.69, 9.17) is 4.42 Å². The van der Waals surface area contributed by atoms with E-state index >= 15 is 0 Å². The molecular formula is C16H22N4O3S. The van der Waals surface area contributed by atoms with Crippen molar-refractivity contribution in [2.75, 3.05) is 18.6 Å². The summed E-state index contributed by atoms with van der Waals surface area (Å²) >= 11 is 1.63. The van der Waals surface area contributed by atoms with Crippen LogP contribution in [0.1, 0.15) is 23.4 Å². The Kier molecular flexibility index (Phi) is 7.41. The number of aromatic nitrogens is 2. The summed E-state index contributed by atoms with van der Waals surface area (Å²) in [6, 6.07) is 4.51. The standard InChI is InChI=1S/C16H22N4O3S/c1-24-12-6-13(19-16(22)14-5-2-11-23-14)15(21)17-7-3-9-20-10-4-8-18-20/h2,4-5,8,10-11,13H,3,6-7,9,12H2,1H3,(H,17,21)(H,19,22)/t13-/m0/s1. The van der Waals surface area contributed by atoms with Gasteiger partial charge in [-0.15, -0.1) is 0 Å². The van der Waals surface area contributed by atoms with Crippen LogP contribution in [0, 0.1) is 0 Å². The number of thioether (sulfide) groups is 1. The highest BCUT2D eigenvalue weighted by Gasteiger charge is 2.21. The Balaban J connectivity index is 1.79. The summed E-state index contributed by atoms with van der Waals surface area (Å²) in [6.07, 6.45) is 8.34. The van der Waals surface area contributed by atoms with E-state index in [1.165, 1.54) is 6.26 Å². The first-order valence-corrected chi connectivity index (χ1v) is 9.18. The van der Waals surface area contributed by atoms with Gasteiger partial charge in [0.25, 0.3) is 5.91 Å². The van der Waals surface area contributed by atoms with Gasteiger partial charge >= 0.3 is 0 Å². The fourth-order valence-electron chi connectivity index (χ4n) is 2.15. The minimum atomic E-state index is -0.570. The van der Waals surface area contributed by atoms with Gasteiger partial charge < -0.3 is 15.1 Å². The molecule has 0 fully saturated rings. The lowest BCUT2D eigenvalue weighted by molar-refractivity contribution is -0.123. The molecule has 2 aromatic rings. The van der Waals surface area contributed by atoms with Crippen LogP contribution in [0.2, 0.25) is 0 Å². The molecular weight excluding hydrogens is 328 g/mol. The third-order valence-corrected chi connectivity index (χ3v) is 4.04. The zero-order valence-corrected chi connectivity index (χ0v) is 14.4. The fourth-order valence-corrected chi connectivity index (χ4v) is 2.62. The van der Waals surface area contributed by atoms with Gasteiger partial charge in [0.15, 0.2) is 5.76 Å². The lowest BCUT2D eigenvalue weighted by Gasteiger charge is -2.17. The van der Waals surface area contributed by atoms with Gasteiger partial charge in [-0.05, 0) is 43.0 Å². The minimum Gasteiger partial charge on any atom is -0.459 e. The molecule has 0 saturated carbocycles. The van der Waals surface area contributed by atoms with Crippen molar-refractivity contribution in [3.63, 3.8) is 0 Å². The summed E-state index contributed by atoms with van der Waals surface area (Å²) < 4.78 is 6.88. The third-order valence-electron chi connectivity index (χ3n) is 3.40. The number of amides is 2. The maximum Gasteiger partial charge on any atom is 0.287 e. The molecule has 2 rings (SSSR count). The summed E-state index contributed by atoms with van der Waals surface area (Å²) in [5, 5.41) is 9.71. The molecule has 0 aromatic carbocycles. The number of hydrogen-bond acceptors (Lipinski definition) is 5. The Morgan fingerprint density at radius 2 is 2.29 bits per heavy atom. The number of furan rings is 1. The molecule has 2 heterocycles. The van der Waals surface area contributed by atoms with E-state index < -0.39 is 6.04 Å². The number of nitrogens with zero attached hydrogens (tertiary/aromatic N) is 2. The van der Waals surface area contributed by atoms with Gasteiger partial charge in [0.2, 0.25) is 5.91 Å². The molecule has 0 aliphatic heterocycles. The number of rotatable bonds is 10. The van der Waals surface area contributed by atoms with E-state index in [-0.39, 0.29) is 17.6 Å². The SMILES string of the molecule is CSCC[C@H](NC(=O)c1ccco1)C(=O)NCCCn1cccn1. The Morgan fingerprint density at radius 3 is 2.96 bits per heavy atom. The predicted molar refractivity (Wildman–Crippen MR) is 92.8 cm³/mol. The molecule has 0 spiro atoms. The van der Waals surface area contributed by atoms with E-state index in [2.05, 4.69) is 15.7 Å². The van der Waals surface area contributed by atoms with Crippen LogP contribution in [-0.4, -0.2) is 46.2 Å². The third kappa shape index (κ3) is 5.77. The molecule has 24 heavy (non-hydrogen) atoms. The van der Waals surface area contributed by atoms with Gasteiger partial charge in [0, 0.05) is 25.5 Å². The van der Waals surface area contributed by atoms with Gasteiger partial charge in [0.1, 0.15) is 6.04 Å². The van der Waals surface area contributed by atoms with Crippen molar-refractivity contribution in [1.29, 1.82) is 0 Å². The minimum absolute atomic E-state index is 0.176. The van der Waals surface area contributed by atoms with E-state index in [0.29, 0.717) is 13.0 Å². The van der Waals surface area contributed by atoms with Crippen LogP contribution < -0.4 is 10.6 Å². The van der Waals surface area contributed by atoms with Crippen LogP contribution in [0.25, 0.3) is 0 Å². The molecule has 2 amide bonds. The smallest absolute Gasteiger partial charge is 0.287 e. The number of hydrogen-bond donors (Lipinski definition) is 2. The summed E-state index contributed by atoms with van der Waals surface area (Å²) in [7, 11) is 0. The van der Waals surface area contributed by atoms with E-state index in [9.17, 15) is 9.59 Å². The normalized spacial score (nSPS) is 11.9. The van der Waals surface area contributed by atoms with Crippen molar-refractivity contribution < 1.29 is 14.0 Å². The largest absolute Gasteiger partial charge is 0.459 e. The van der Waals surface area contributed by atoms with Crippen LogP contribution in [0.15, 0.2) is 41.3 Å².